The maximum atomic E-state index is 12.6. The number of rotatable bonds is 4. The molecule has 1 aromatic heterocycles. The molecule has 0 spiro atoms. The number of hydrogen-bond acceptors (Lipinski definition) is 5. The number of para-hydroxylation sites is 1. The van der Waals surface area contributed by atoms with Crippen molar-refractivity contribution < 1.29 is 9.53 Å². The Bertz CT molecular complexity index is 718. The number of fused-ring (bicyclic) bond motifs is 1. The second-order valence-electron chi connectivity index (χ2n) is 5.89. The highest BCUT2D eigenvalue weighted by Gasteiger charge is 2.25. The molecule has 0 aliphatic carbocycles. The molecule has 1 atom stereocenters. The topological polar surface area (TPSA) is 66.5 Å². The smallest absolute Gasteiger partial charge is 0.242 e. The Morgan fingerprint density at radius 1 is 1.38 bits per heavy atom. The van der Waals surface area contributed by atoms with Crippen LogP contribution in [0.1, 0.15) is 17.3 Å². The summed E-state index contributed by atoms with van der Waals surface area (Å²) >= 11 is 0. The first-order valence-electron chi connectivity index (χ1n) is 8.00. The molecule has 3 rings (SSSR count). The number of anilines is 1. The number of nitrogens with one attached hydrogen (secondary N) is 2. The van der Waals surface area contributed by atoms with Crippen molar-refractivity contribution in [1.82, 2.24) is 15.6 Å². The van der Waals surface area contributed by atoms with Gasteiger partial charge in [-0.1, -0.05) is 18.2 Å². The molecule has 0 bridgehead atoms. The monoisotopic (exact) mass is 326 g/mol. The molecule has 0 saturated heterocycles. The summed E-state index contributed by atoms with van der Waals surface area (Å²) in [6, 6.07) is 11.1. The zero-order valence-electron chi connectivity index (χ0n) is 14.0. The van der Waals surface area contributed by atoms with Crippen molar-refractivity contribution in [2.24, 2.45) is 0 Å². The Morgan fingerprint density at radius 2 is 2.21 bits per heavy atom. The lowest BCUT2D eigenvalue weighted by Gasteiger charge is -2.17. The average Bonchev–Trinajstić information content (AvgIpc) is 2.82. The summed E-state index contributed by atoms with van der Waals surface area (Å²) < 4.78 is 5.67. The van der Waals surface area contributed by atoms with E-state index in [1.807, 2.05) is 55.4 Å². The molecule has 24 heavy (non-hydrogen) atoms. The fourth-order valence-electron chi connectivity index (χ4n) is 2.68. The number of carbonyl (C=O) groups excluding carboxylic acids is 1. The van der Waals surface area contributed by atoms with E-state index in [1.54, 1.807) is 6.20 Å². The molecule has 1 unspecified atom stereocenters. The minimum Gasteiger partial charge on any atom is -0.492 e. The molecule has 6 heteroatoms. The second kappa shape index (κ2) is 7.31. The van der Waals surface area contributed by atoms with Crippen LogP contribution in [0.4, 0.5) is 5.69 Å². The van der Waals surface area contributed by atoms with Gasteiger partial charge in [0, 0.05) is 38.1 Å². The van der Waals surface area contributed by atoms with Crippen LogP contribution in [0.5, 0.6) is 5.75 Å². The zero-order chi connectivity index (χ0) is 16.9. The van der Waals surface area contributed by atoms with E-state index >= 15 is 0 Å². The Kier molecular flexibility index (Phi) is 4.96. The Balaban J connectivity index is 1.70. The van der Waals surface area contributed by atoms with Gasteiger partial charge in [0.2, 0.25) is 5.91 Å². The Hall–Kier alpha value is -2.60. The molecule has 1 amide bonds. The van der Waals surface area contributed by atoms with Crippen LogP contribution in [0.2, 0.25) is 0 Å². The van der Waals surface area contributed by atoms with E-state index in [1.165, 1.54) is 0 Å². The van der Waals surface area contributed by atoms with E-state index in [2.05, 4.69) is 15.6 Å². The average molecular weight is 326 g/mol. The number of hydrogen-bond donors (Lipinski definition) is 2. The molecule has 2 heterocycles. The third kappa shape index (κ3) is 3.65. The first kappa shape index (κ1) is 16.3. The number of benzene rings is 1. The van der Waals surface area contributed by atoms with Gasteiger partial charge in [-0.25, -0.2) is 0 Å². The van der Waals surface area contributed by atoms with Crippen molar-refractivity contribution in [1.29, 1.82) is 0 Å². The first-order valence-corrected chi connectivity index (χ1v) is 8.00. The van der Waals surface area contributed by atoms with Crippen LogP contribution in [0.15, 0.2) is 42.6 Å². The van der Waals surface area contributed by atoms with Gasteiger partial charge in [0.1, 0.15) is 18.4 Å². The van der Waals surface area contributed by atoms with Gasteiger partial charge in [0.25, 0.3) is 0 Å². The summed E-state index contributed by atoms with van der Waals surface area (Å²) in [4.78, 5) is 19.0. The number of aromatic nitrogens is 1. The number of nitrogens with zero attached hydrogens (tertiary/aromatic N) is 2. The van der Waals surface area contributed by atoms with Crippen LogP contribution in [0.3, 0.4) is 0 Å². The normalized spacial score (nSPS) is 16.5. The molecular weight excluding hydrogens is 304 g/mol. The highest BCUT2D eigenvalue weighted by Crippen LogP contribution is 2.27. The van der Waals surface area contributed by atoms with Crippen LogP contribution in [0.25, 0.3) is 0 Å². The van der Waals surface area contributed by atoms with Crippen LogP contribution < -0.4 is 20.3 Å². The largest absolute Gasteiger partial charge is 0.492 e. The maximum absolute atomic E-state index is 12.6. The lowest BCUT2D eigenvalue weighted by molar-refractivity contribution is -0.123. The fraction of sp³-hybridized carbons (Fsp3) is 0.333. The van der Waals surface area contributed by atoms with Gasteiger partial charge in [0.05, 0.1) is 12.2 Å². The fourth-order valence-corrected chi connectivity index (χ4v) is 2.68. The lowest BCUT2D eigenvalue weighted by atomic mass is 10.1. The molecule has 1 aliphatic rings. The van der Waals surface area contributed by atoms with Crippen LogP contribution in [0, 0.1) is 0 Å². The highest BCUT2D eigenvalue weighted by atomic mass is 16.5. The third-order valence-corrected chi connectivity index (χ3v) is 3.96. The third-order valence-electron chi connectivity index (χ3n) is 3.96. The Labute approximate surface area is 141 Å². The molecule has 2 aromatic rings. The molecule has 1 aliphatic heterocycles. The number of ether oxygens (including phenoxy) is 1. The maximum Gasteiger partial charge on any atom is 0.242 e. The van der Waals surface area contributed by atoms with Gasteiger partial charge < -0.3 is 15.0 Å². The summed E-state index contributed by atoms with van der Waals surface area (Å²) in [7, 11) is 3.95. The summed E-state index contributed by atoms with van der Waals surface area (Å²) in [5, 5.41) is 6.20. The van der Waals surface area contributed by atoms with E-state index in [0.717, 1.165) is 22.7 Å². The van der Waals surface area contributed by atoms with Crippen LogP contribution in [-0.2, 0) is 11.3 Å². The van der Waals surface area contributed by atoms with Gasteiger partial charge in [-0.15, -0.1) is 0 Å². The first-order chi connectivity index (χ1) is 11.6. The van der Waals surface area contributed by atoms with Crippen LogP contribution >= 0.6 is 0 Å². The van der Waals surface area contributed by atoms with Gasteiger partial charge in [0.15, 0.2) is 0 Å². The molecule has 6 nitrogen and oxygen atoms in total. The van der Waals surface area contributed by atoms with E-state index in [9.17, 15) is 4.79 Å². The molecule has 0 saturated carbocycles. The summed E-state index contributed by atoms with van der Waals surface area (Å²) in [5.74, 6) is 0.681. The van der Waals surface area contributed by atoms with E-state index in [4.69, 9.17) is 4.74 Å². The van der Waals surface area contributed by atoms with Crippen molar-refractivity contribution in [3.8, 4) is 5.75 Å². The van der Waals surface area contributed by atoms with Crippen molar-refractivity contribution in [2.75, 3.05) is 32.1 Å². The number of amides is 1. The SMILES string of the molecule is CN(C)c1ccnc(CNC(=O)C2NCCOc3ccccc32)c1. The highest BCUT2D eigenvalue weighted by molar-refractivity contribution is 5.84. The lowest BCUT2D eigenvalue weighted by Crippen LogP contribution is -2.37. The van der Waals surface area contributed by atoms with Crippen molar-refractivity contribution in [3.63, 3.8) is 0 Å². The van der Waals surface area contributed by atoms with Gasteiger partial charge in [-0.05, 0) is 18.2 Å². The van der Waals surface area contributed by atoms with Crippen molar-refractivity contribution >= 4 is 11.6 Å². The molecule has 0 radical (unpaired) electrons. The van der Waals surface area contributed by atoms with E-state index < -0.39 is 6.04 Å². The molecule has 126 valence electrons. The van der Waals surface area contributed by atoms with E-state index in [-0.39, 0.29) is 5.91 Å². The summed E-state index contributed by atoms with van der Waals surface area (Å²) in [6.07, 6.45) is 1.75. The minimum absolute atomic E-state index is 0.0787. The predicted molar refractivity (Wildman–Crippen MR) is 93.1 cm³/mol. The number of pyridine rings is 1. The molecular formula is C18H22N4O2. The van der Waals surface area contributed by atoms with Gasteiger partial charge >= 0.3 is 0 Å². The summed E-state index contributed by atoms with van der Waals surface area (Å²) in [6.45, 7) is 1.57. The number of carbonyl (C=O) groups is 1. The van der Waals surface area contributed by atoms with Crippen molar-refractivity contribution in [2.45, 2.75) is 12.6 Å². The van der Waals surface area contributed by atoms with Crippen LogP contribution in [-0.4, -0.2) is 38.1 Å². The molecule has 1 aromatic carbocycles. The molecule has 0 fully saturated rings. The zero-order valence-corrected chi connectivity index (χ0v) is 14.0. The Morgan fingerprint density at radius 3 is 3.04 bits per heavy atom. The predicted octanol–water partition coefficient (Wildman–Crippen LogP) is 1.49. The van der Waals surface area contributed by atoms with Gasteiger partial charge in [-0.2, -0.15) is 0 Å². The quantitative estimate of drug-likeness (QED) is 0.891. The van der Waals surface area contributed by atoms with E-state index in [0.29, 0.717) is 19.7 Å². The standard InChI is InChI=1S/C18H22N4O2/c1-22(2)14-7-8-19-13(11-14)12-21-18(23)17-15-5-3-4-6-16(15)24-10-9-20-17/h3-8,11,17,20H,9-10,12H2,1-2H3,(H,21,23). The van der Waals surface area contributed by atoms with Gasteiger partial charge in [-0.3, -0.25) is 15.1 Å². The summed E-state index contributed by atoms with van der Waals surface area (Å²) in [5.41, 5.74) is 2.75. The minimum atomic E-state index is -0.416. The second-order valence-corrected chi connectivity index (χ2v) is 5.89. The van der Waals surface area contributed by atoms with Crippen molar-refractivity contribution in [3.05, 3.63) is 53.9 Å². The molecule has 2 N–H and O–H groups in total.